The molecule has 1 saturated heterocycles. The summed E-state index contributed by atoms with van der Waals surface area (Å²) >= 11 is 0. The molecule has 19 heavy (non-hydrogen) atoms. The first-order valence-electron chi connectivity index (χ1n) is 7.56. The second kappa shape index (κ2) is 5.51. The smallest absolute Gasteiger partial charge is 0.245 e. The molecule has 0 bridgehead atoms. The third-order valence-electron chi connectivity index (χ3n) is 4.56. The second-order valence-corrected chi connectivity index (χ2v) is 6.47. The van der Waals surface area contributed by atoms with E-state index in [1.54, 1.807) is 6.92 Å². The first-order chi connectivity index (χ1) is 8.93. The number of carbonyl (C=O) groups excluding carboxylic acids is 2. The average molecular weight is 266 g/mol. The van der Waals surface area contributed by atoms with Crippen molar-refractivity contribution in [3.05, 3.63) is 0 Å². The van der Waals surface area contributed by atoms with Crippen molar-refractivity contribution in [3.8, 4) is 0 Å². The van der Waals surface area contributed by atoms with E-state index < -0.39 is 0 Å². The molecule has 2 rings (SSSR count). The van der Waals surface area contributed by atoms with E-state index in [4.69, 9.17) is 0 Å². The van der Waals surface area contributed by atoms with Crippen LogP contribution in [0.25, 0.3) is 0 Å². The second-order valence-electron chi connectivity index (χ2n) is 6.47. The van der Waals surface area contributed by atoms with Gasteiger partial charge in [-0.1, -0.05) is 20.8 Å². The number of nitrogens with one attached hydrogen (secondary N) is 1. The van der Waals surface area contributed by atoms with Crippen LogP contribution in [0.1, 0.15) is 53.4 Å². The van der Waals surface area contributed by atoms with Crippen molar-refractivity contribution in [2.24, 2.45) is 11.8 Å². The molecule has 4 heteroatoms. The summed E-state index contributed by atoms with van der Waals surface area (Å²) in [5.74, 6) is 1.39. The number of carbonyl (C=O) groups is 2. The molecule has 4 unspecified atom stereocenters. The van der Waals surface area contributed by atoms with Crippen LogP contribution in [-0.4, -0.2) is 34.8 Å². The Labute approximate surface area is 115 Å². The third kappa shape index (κ3) is 2.77. The molecular weight excluding hydrogens is 240 g/mol. The fourth-order valence-corrected chi connectivity index (χ4v) is 3.82. The summed E-state index contributed by atoms with van der Waals surface area (Å²) in [5.41, 5.74) is 0. The number of hydrogen-bond acceptors (Lipinski definition) is 2. The SMILES string of the molecule is CCC1C(=O)NC(C)C(=O)N1C1CC(C)CC(C)C1. The van der Waals surface area contributed by atoms with Gasteiger partial charge >= 0.3 is 0 Å². The van der Waals surface area contributed by atoms with E-state index in [0.29, 0.717) is 18.3 Å². The molecule has 0 aromatic heterocycles. The highest BCUT2D eigenvalue weighted by Crippen LogP contribution is 2.34. The Morgan fingerprint density at radius 1 is 1.11 bits per heavy atom. The highest BCUT2D eigenvalue weighted by molar-refractivity contribution is 5.96. The van der Waals surface area contributed by atoms with Gasteiger partial charge in [0.25, 0.3) is 0 Å². The minimum atomic E-state index is -0.372. The van der Waals surface area contributed by atoms with Crippen LogP contribution in [0.2, 0.25) is 0 Å². The molecule has 1 aliphatic heterocycles. The molecule has 1 heterocycles. The highest BCUT2D eigenvalue weighted by Gasteiger charge is 2.42. The van der Waals surface area contributed by atoms with E-state index in [9.17, 15) is 9.59 Å². The predicted octanol–water partition coefficient (Wildman–Crippen LogP) is 1.94. The summed E-state index contributed by atoms with van der Waals surface area (Å²) in [4.78, 5) is 26.5. The van der Waals surface area contributed by atoms with Gasteiger partial charge in [-0.05, 0) is 44.4 Å². The fourth-order valence-electron chi connectivity index (χ4n) is 3.82. The minimum Gasteiger partial charge on any atom is -0.343 e. The van der Waals surface area contributed by atoms with Gasteiger partial charge in [-0.25, -0.2) is 0 Å². The van der Waals surface area contributed by atoms with Crippen LogP contribution in [0.15, 0.2) is 0 Å². The zero-order valence-corrected chi connectivity index (χ0v) is 12.5. The molecule has 1 N–H and O–H groups in total. The van der Waals surface area contributed by atoms with Gasteiger partial charge in [-0.3, -0.25) is 9.59 Å². The van der Waals surface area contributed by atoms with Crippen LogP contribution in [0.5, 0.6) is 0 Å². The van der Waals surface area contributed by atoms with Gasteiger partial charge in [0.05, 0.1) is 0 Å². The molecule has 1 aliphatic carbocycles. The average Bonchev–Trinajstić information content (AvgIpc) is 2.32. The molecule has 0 spiro atoms. The summed E-state index contributed by atoms with van der Waals surface area (Å²) in [6, 6.07) is -0.404. The minimum absolute atomic E-state index is 0.0143. The summed E-state index contributed by atoms with van der Waals surface area (Å²) in [6.07, 6.45) is 4.00. The van der Waals surface area contributed by atoms with Crippen molar-refractivity contribution in [1.82, 2.24) is 10.2 Å². The fraction of sp³-hybridized carbons (Fsp3) is 0.867. The van der Waals surface area contributed by atoms with Crippen molar-refractivity contribution in [1.29, 1.82) is 0 Å². The Kier molecular flexibility index (Phi) is 4.16. The number of amides is 2. The first kappa shape index (κ1) is 14.4. The lowest BCUT2D eigenvalue weighted by Crippen LogP contribution is -2.65. The van der Waals surface area contributed by atoms with Crippen LogP contribution in [0.3, 0.4) is 0 Å². The zero-order valence-electron chi connectivity index (χ0n) is 12.5. The van der Waals surface area contributed by atoms with E-state index in [0.717, 1.165) is 12.8 Å². The van der Waals surface area contributed by atoms with Crippen molar-refractivity contribution in [2.45, 2.75) is 71.5 Å². The Balaban J connectivity index is 2.22. The van der Waals surface area contributed by atoms with Gasteiger partial charge in [-0.2, -0.15) is 0 Å². The monoisotopic (exact) mass is 266 g/mol. The van der Waals surface area contributed by atoms with Crippen LogP contribution < -0.4 is 5.32 Å². The number of piperazine rings is 1. The van der Waals surface area contributed by atoms with Crippen LogP contribution in [-0.2, 0) is 9.59 Å². The van der Waals surface area contributed by atoms with Crippen molar-refractivity contribution in [2.75, 3.05) is 0 Å². The Morgan fingerprint density at radius 2 is 1.68 bits per heavy atom. The lowest BCUT2D eigenvalue weighted by Gasteiger charge is -2.46. The van der Waals surface area contributed by atoms with Gasteiger partial charge in [0.15, 0.2) is 0 Å². The normalized spacial score (nSPS) is 40.2. The molecule has 2 fully saturated rings. The maximum Gasteiger partial charge on any atom is 0.245 e. The van der Waals surface area contributed by atoms with Crippen LogP contribution >= 0.6 is 0 Å². The number of rotatable bonds is 2. The molecule has 2 aliphatic rings. The zero-order chi connectivity index (χ0) is 14.2. The third-order valence-corrected chi connectivity index (χ3v) is 4.56. The molecule has 108 valence electrons. The molecular formula is C15H26N2O2. The predicted molar refractivity (Wildman–Crippen MR) is 74.5 cm³/mol. The number of nitrogens with zero attached hydrogens (tertiary/aromatic N) is 1. The van der Waals surface area contributed by atoms with Crippen molar-refractivity contribution < 1.29 is 9.59 Å². The molecule has 4 nitrogen and oxygen atoms in total. The first-order valence-corrected chi connectivity index (χ1v) is 7.56. The summed E-state index contributed by atoms with van der Waals surface area (Å²) in [6.45, 7) is 8.27. The Morgan fingerprint density at radius 3 is 2.21 bits per heavy atom. The summed E-state index contributed by atoms with van der Waals surface area (Å²) in [7, 11) is 0. The molecule has 1 saturated carbocycles. The van der Waals surface area contributed by atoms with E-state index in [-0.39, 0.29) is 29.9 Å². The quantitative estimate of drug-likeness (QED) is 0.830. The Hall–Kier alpha value is -1.06. The lowest BCUT2D eigenvalue weighted by molar-refractivity contribution is -0.153. The highest BCUT2D eigenvalue weighted by atomic mass is 16.2. The van der Waals surface area contributed by atoms with Crippen molar-refractivity contribution in [3.63, 3.8) is 0 Å². The number of hydrogen-bond donors (Lipinski definition) is 1. The van der Waals surface area contributed by atoms with Gasteiger partial charge in [0.2, 0.25) is 11.8 Å². The van der Waals surface area contributed by atoms with E-state index in [2.05, 4.69) is 19.2 Å². The molecule has 2 amide bonds. The van der Waals surface area contributed by atoms with Gasteiger partial charge in [0, 0.05) is 6.04 Å². The van der Waals surface area contributed by atoms with E-state index in [1.807, 2.05) is 11.8 Å². The molecule has 0 aromatic rings. The van der Waals surface area contributed by atoms with Gasteiger partial charge in [0.1, 0.15) is 12.1 Å². The summed E-state index contributed by atoms with van der Waals surface area (Å²) in [5, 5.41) is 2.79. The molecule has 0 radical (unpaired) electrons. The van der Waals surface area contributed by atoms with E-state index >= 15 is 0 Å². The largest absolute Gasteiger partial charge is 0.343 e. The maximum absolute atomic E-state index is 12.5. The maximum atomic E-state index is 12.5. The van der Waals surface area contributed by atoms with E-state index in [1.165, 1.54) is 6.42 Å². The van der Waals surface area contributed by atoms with Crippen LogP contribution in [0.4, 0.5) is 0 Å². The standard InChI is InChI=1S/C15H26N2O2/c1-5-13-14(18)16-11(4)15(19)17(13)12-7-9(2)6-10(3)8-12/h9-13H,5-8H2,1-4H3,(H,16,18). The van der Waals surface area contributed by atoms with Crippen LogP contribution in [0, 0.1) is 11.8 Å². The lowest BCUT2D eigenvalue weighted by atomic mass is 9.79. The van der Waals surface area contributed by atoms with Gasteiger partial charge < -0.3 is 10.2 Å². The Bertz CT molecular complexity index is 359. The van der Waals surface area contributed by atoms with Crippen molar-refractivity contribution >= 4 is 11.8 Å². The van der Waals surface area contributed by atoms with Gasteiger partial charge in [-0.15, -0.1) is 0 Å². The molecule has 4 atom stereocenters. The topological polar surface area (TPSA) is 49.4 Å². The summed E-state index contributed by atoms with van der Waals surface area (Å²) < 4.78 is 0. The molecule has 0 aromatic carbocycles.